The van der Waals surface area contributed by atoms with Crippen molar-refractivity contribution in [3.05, 3.63) is 33.0 Å². The van der Waals surface area contributed by atoms with Crippen LogP contribution in [0.25, 0.3) is 0 Å². The second kappa shape index (κ2) is 4.10. The molecular formula is C12H14ClN3S. The van der Waals surface area contributed by atoms with Crippen LogP contribution in [0.4, 0.5) is 0 Å². The Morgan fingerprint density at radius 2 is 2.18 bits per heavy atom. The van der Waals surface area contributed by atoms with Gasteiger partial charge in [-0.15, -0.1) is 21.5 Å². The highest BCUT2D eigenvalue weighted by Gasteiger charge is 2.32. The highest BCUT2D eigenvalue weighted by Crippen LogP contribution is 2.41. The predicted molar refractivity (Wildman–Crippen MR) is 69.9 cm³/mol. The van der Waals surface area contributed by atoms with Crippen LogP contribution in [0.3, 0.4) is 0 Å². The zero-order valence-corrected chi connectivity index (χ0v) is 11.4. The summed E-state index contributed by atoms with van der Waals surface area (Å²) in [5, 5.41) is 8.74. The van der Waals surface area contributed by atoms with Gasteiger partial charge in [0.05, 0.1) is 6.04 Å². The first-order valence-electron chi connectivity index (χ1n) is 5.83. The maximum atomic E-state index is 6.16. The lowest BCUT2D eigenvalue weighted by atomic mass is 10.2. The first-order chi connectivity index (χ1) is 8.16. The Morgan fingerprint density at radius 1 is 1.41 bits per heavy atom. The van der Waals surface area contributed by atoms with Gasteiger partial charge in [0.25, 0.3) is 0 Å². The van der Waals surface area contributed by atoms with Crippen molar-refractivity contribution in [2.24, 2.45) is 0 Å². The van der Waals surface area contributed by atoms with Gasteiger partial charge in [0.2, 0.25) is 5.28 Å². The van der Waals surface area contributed by atoms with Crippen LogP contribution in [0.5, 0.6) is 0 Å². The molecule has 3 rings (SSSR count). The molecule has 1 aliphatic carbocycles. The van der Waals surface area contributed by atoms with Crippen LogP contribution in [0.2, 0.25) is 5.28 Å². The van der Waals surface area contributed by atoms with Crippen molar-refractivity contribution in [1.82, 2.24) is 14.8 Å². The molecule has 2 heterocycles. The highest BCUT2D eigenvalue weighted by molar-refractivity contribution is 7.12. The quantitative estimate of drug-likeness (QED) is 0.847. The number of aryl methyl sites for hydroxylation is 1. The van der Waals surface area contributed by atoms with Gasteiger partial charge in [0.15, 0.2) is 0 Å². The van der Waals surface area contributed by atoms with Gasteiger partial charge in [-0.3, -0.25) is 4.57 Å². The number of rotatable bonds is 3. The minimum atomic E-state index is 0.229. The monoisotopic (exact) mass is 267 g/mol. The van der Waals surface area contributed by atoms with E-state index in [2.05, 4.69) is 40.7 Å². The normalized spacial score (nSPS) is 17.4. The lowest BCUT2D eigenvalue weighted by Gasteiger charge is -2.14. The van der Waals surface area contributed by atoms with Crippen LogP contribution >= 0.6 is 22.9 Å². The molecule has 0 aliphatic heterocycles. The van der Waals surface area contributed by atoms with Gasteiger partial charge in [-0.2, -0.15) is 0 Å². The van der Waals surface area contributed by atoms with E-state index in [1.54, 1.807) is 0 Å². The first kappa shape index (κ1) is 11.2. The van der Waals surface area contributed by atoms with E-state index in [9.17, 15) is 0 Å². The van der Waals surface area contributed by atoms with E-state index in [4.69, 9.17) is 11.6 Å². The molecule has 1 aliphatic rings. The molecule has 1 unspecified atom stereocenters. The van der Waals surface area contributed by atoms with Crippen LogP contribution in [-0.4, -0.2) is 14.8 Å². The summed E-state index contributed by atoms with van der Waals surface area (Å²) in [4.78, 5) is 2.63. The molecule has 1 atom stereocenters. The molecule has 3 nitrogen and oxygen atoms in total. The Balaban J connectivity index is 2.00. The fourth-order valence-corrected chi connectivity index (χ4v) is 3.26. The number of hydrogen-bond donors (Lipinski definition) is 0. The first-order valence-corrected chi connectivity index (χ1v) is 7.03. The molecule has 2 aromatic heterocycles. The van der Waals surface area contributed by atoms with Crippen LogP contribution < -0.4 is 0 Å². The molecule has 0 spiro atoms. The molecule has 0 N–H and O–H groups in total. The minimum absolute atomic E-state index is 0.229. The van der Waals surface area contributed by atoms with Gasteiger partial charge in [0.1, 0.15) is 5.82 Å². The molecule has 1 fully saturated rings. The predicted octanol–water partition coefficient (Wildman–Crippen LogP) is 3.79. The second-order valence-electron chi connectivity index (χ2n) is 4.60. The van der Waals surface area contributed by atoms with E-state index in [-0.39, 0.29) is 6.04 Å². The number of hydrogen-bond acceptors (Lipinski definition) is 3. The standard InChI is InChI=1S/C12H14ClN3S/c1-7-3-6-10(17-7)8(2)16-11(9-4-5-9)14-15-12(16)13/h3,6,8-9H,4-5H2,1-2H3. The van der Waals surface area contributed by atoms with Crippen molar-refractivity contribution in [3.8, 4) is 0 Å². The zero-order valence-electron chi connectivity index (χ0n) is 9.85. The number of halogens is 1. The summed E-state index contributed by atoms with van der Waals surface area (Å²) < 4.78 is 2.07. The van der Waals surface area contributed by atoms with Gasteiger partial charge < -0.3 is 0 Å². The number of thiophene rings is 1. The van der Waals surface area contributed by atoms with Crippen LogP contribution in [0.15, 0.2) is 12.1 Å². The third-order valence-electron chi connectivity index (χ3n) is 3.18. The van der Waals surface area contributed by atoms with Crippen LogP contribution in [-0.2, 0) is 0 Å². The Hall–Kier alpha value is -0.870. The summed E-state index contributed by atoms with van der Waals surface area (Å²) in [6.45, 7) is 4.28. The minimum Gasteiger partial charge on any atom is -0.293 e. The van der Waals surface area contributed by atoms with Gasteiger partial charge in [-0.05, 0) is 50.4 Å². The van der Waals surface area contributed by atoms with E-state index in [0.717, 1.165) is 5.82 Å². The van der Waals surface area contributed by atoms with Crippen molar-refractivity contribution in [1.29, 1.82) is 0 Å². The molecule has 0 saturated heterocycles. The van der Waals surface area contributed by atoms with Crippen molar-refractivity contribution >= 4 is 22.9 Å². The molecule has 5 heteroatoms. The van der Waals surface area contributed by atoms with Crippen molar-refractivity contribution in [2.45, 2.75) is 38.6 Å². The SMILES string of the molecule is Cc1ccc(C(C)n2c(Cl)nnc2C2CC2)s1. The van der Waals surface area contributed by atoms with Gasteiger partial charge in [0, 0.05) is 15.7 Å². The Bertz CT molecular complexity index is 542. The van der Waals surface area contributed by atoms with Crippen LogP contribution in [0, 0.1) is 6.92 Å². The summed E-state index contributed by atoms with van der Waals surface area (Å²) in [6.07, 6.45) is 2.43. The van der Waals surface area contributed by atoms with E-state index in [1.807, 2.05) is 11.3 Å². The summed E-state index contributed by atoms with van der Waals surface area (Å²) in [7, 11) is 0. The number of nitrogens with zero attached hydrogens (tertiary/aromatic N) is 3. The van der Waals surface area contributed by atoms with Crippen molar-refractivity contribution in [2.75, 3.05) is 0 Å². The molecule has 0 aromatic carbocycles. The fraction of sp³-hybridized carbons (Fsp3) is 0.500. The highest BCUT2D eigenvalue weighted by atomic mass is 35.5. The van der Waals surface area contributed by atoms with Gasteiger partial charge >= 0.3 is 0 Å². The lowest BCUT2D eigenvalue weighted by Crippen LogP contribution is -2.09. The van der Waals surface area contributed by atoms with Crippen molar-refractivity contribution < 1.29 is 0 Å². The molecule has 2 aromatic rings. The second-order valence-corrected chi connectivity index (χ2v) is 6.25. The molecule has 90 valence electrons. The Kier molecular flexibility index (Phi) is 2.71. The van der Waals surface area contributed by atoms with E-state index >= 15 is 0 Å². The molecule has 0 bridgehead atoms. The third kappa shape index (κ3) is 2.00. The molecular weight excluding hydrogens is 254 g/mol. The topological polar surface area (TPSA) is 30.7 Å². The summed E-state index contributed by atoms with van der Waals surface area (Å²) in [6, 6.07) is 4.54. The smallest absolute Gasteiger partial charge is 0.225 e. The summed E-state index contributed by atoms with van der Waals surface area (Å²) >= 11 is 7.97. The maximum absolute atomic E-state index is 6.16. The van der Waals surface area contributed by atoms with Gasteiger partial charge in [-0.25, -0.2) is 0 Å². The average Bonchev–Trinajstić information content (AvgIpc) is 2.94. The van der Waals surface area contributed by atoms with E-state index in [1.165, 1.54) is 22.6 Å². The van der Waals surface area contributed by atoms with E-state index < -0.39 is 0 Å². The molecule has 17 heavy (non-hydrogen) atoms. The molecule has 0 radical (unpaired) electrons. The maximum Gasteiger partial charge on any atom is 0.225 e. The average molecular weight is 268 g/mol. The largest absolute Gasteiger partial charge is 0.293 e. The van der Waals surface area contributed by atoms with Gasteiger partial charge in [-0.1, -0.05) is 0 Å². The fourth-order valence-electron chi connectivity index (χ4n) is 2.07. The Morgan fingerprint density at radius 3 is 2.76 bits per heavy atom. The summed E-state index contributed by atoms with van der Waals surface area (Å²) in [5.41, 5.74) is 0. The lowest BCUT2D eigenvalue weighted by molar-refractivity contribution is 0.612. The zero-order chi connectivity index (χ0) is 12.0. The Labute approximate surface area is 109 Å². The van der Waals surface area contributed by atoms with Crippen molar-refractivity contribution in [3.63, 3.8) is 0 Å². The summed E-state index contributed by atoms with van der Waals surface area (Å²) in [5.74, 6) is 1.62. The molecule has 1 saturated carbocycles. The number of aromatic nitrogens is 3. The third-order valence-corrected chi connectivity index (χ3v) is 4.61. The van der Waals surface area contributed by atoms with E-state index in [0.29, 0.717) is 11.2 Å². The molecule has 0 amide bonds. The van der Waals surface area contributed by atoms with Crippen LogP contribution in [0.1, 0.15) is 47.3 Å².